The van der Waals surface area contributed by atoms with Crippen LogP contribution in [0.4, 0.5) is 5.69 Å². The van der Waals surface area contributed by atoms with Crippen molar-refractivity contribution in [3.05, 3.63) is 120 Å². The van der Waals surface area contributed by atoms with Crippen molar-refractivity contribution in [2.24, 2.45) is 11.7 Å². The zero-order valence-electron chi connectivity index (χ0n) is 26.5. The molecule has 0 fully saturated rings. The van der Waals surface area contributed by atoms with Crippen molar-refractivity contribution in [1.82, 2.24) is 9.80 Å². The Morgan fingerprint density at radius 1 is 1.00 bits per heavy atom. The van der Waals surface area contributed by atoms with Gasteiger partial charge in [0.2, 0.25) is 5.91 Å². The molecule has 9 nitrogen and oxygen atoms in total. The molecule has 0 saturated carbocycles. The predicted octanol–water partition coefficient (Wildman–Crippen LogP) is 5.47. The number of likely N-dealkylation sites (N-methyl/N-ethyl adjacent to an activating group) is 1. The average molecular weight is 623 g/mol. The second kappa shape index (κ2) is 15.1. The molecule has 1 heterocycles. The van der Waals surface area contributed by atoms with Crippen molar-refractivity contribution in [3.63, 3.8) is 0 Å². The molecule has 4 aromatic rings. The number of anilines is 1. The Labute approximate surface area is 270 Å². The summed E-state index contributed by atoms with van der Waals surface area (Å²) >= 11 is 0. The molecule has 0 saturated heterocycles. The summed E-state index contributed by atoms with van der Waals surface area (Å²) in [5.74, 6) is 1.06. The van der Waals surface area contributed by atoms with Gasteiger partial charge in [-0.2, -0.15) is 0 Å². The zero-order chi connectivity index (χ0) is 32.6. The lowest BCUT2D eigenvalue weighted by Gasteiger charge is -2.38. The van der Waals surface area contributed by atoms with E-state index in [2.05, 4.69) is 10.2 Å². The SMILES string of the molecule is C[C@@H]1CN([C@@H](C)CO)C(=O)c2cccc(NC(=O)C(N)c3ccccc3)c2O[C@@H]1CN(C)Cc1ccc(Oc2ccccc2)cc1. The molecule has 1 aliphatic heterocycles. The van der Waals surface area contributed by atoms with E-state index < -0.39 is 18.0 Å². The Bertz CT molecular complexity index is 1600. The second-order valence-electron chi connectivity index (χ2n) is 11.9. The molecule has 4 aromatic carbocycles. The highest BCUT2D eigenvalue weighted by Gasteiger charge is 2.35. The minimum Gasteiger partial charge on any atom is -0.486 e. The number of nitrogens with zero attached hydrogens (tertiary/aromatic N) is 2. The van der Waals surface area contributed by atoms with E-state index in [1.165, 1.54) is 0 Å². The quantitative estimate of drug-likeness (QED) is 0.203. The largest absolute Gasteiger partial charge is 0.486 e. The minimum atomic E-state index is -0.905. The number of para-hydroxylation sites is 2. The zero-order valence-corrected chi connectivity index (χ0v) is 26.5. The number of ether oxygens (including phenoxy) is 2. The van der Waals surface area contributed by atoms with E-state index in [1.54, 1.807) is 35.2 Å². The predicted molar refractivity (Wildman–Crippen MR) is 179 cm³/mol. The Balaban J connectivity index is 1.36. The first kappa shape index (κ1) is 32.7. The van der Waals surface area contributed by atoms with Crippen LogP contribution in [-0.4, -0.2) is 65.6 Å². The lowest BCUT2D eigenvalue weighted by molar-refractivity contribution is -0.117. The van der Waals surface area contributed by atoms with Crippen LogP contribution in [0.15, 0.2) is 103 Å². The van der Waals surface area contributed by atoms with Crippen LogP contribution in [0, 0.1) is 5.92 Å². The molecule has 46 heavy (non-hydrogen) atoms. The van der Waals surface area contributed by atoms with Crippen LogP contribution in [0.25, 0.3) is 0 Å². The van der Waals surface area contributed by atoms with Gasteiger partial charge >= 0.3 is 0 Å². The van der Waals surface area contributed by atoms with Gasteiger partial charge in [0.05, 0.1) is 23.9 Å². The van der Waals surface area contributed by atoms with Crippen molar-refractivity contribution in [2.45, 2.75) is 38.6 Å². The van der Waals surface area contributed by atoms with Gasteiger partial charge in [-0.25, -0.2) is 0 Å². The highest BCUT2D eigenvalue weighted by molar-refractivity contribution is 6.02. The first-order valence-electron chi connectivity index (χ1n) is 15.6. The molecular weight excluding hydrogens is 580 g/mol. The molecular formula is C37H42N4O5. The van der Waals surface area contributed by atoms with Crippen LogP contribution < -0.4 is 20.5 Å². The van der Waals surface area contributed by atoms with Crippen LogP contribution in [0.1, 0.15) is 41.4 Å². The number of nitrogens with one attached hydrogen (secondary N) is 1. The maximum atomic E-state index is 13.8. The van der Waals surface area contributed by atoms with Crippen LogP contribution in [0.3, 0.4) is 0 Å². The number of fused-ring (bicyclic) bond motifs is 1. The van der Waals surface area contributed by atoms with Gasteiger partial charge < -0.3 is 30.5 Å². The lowest BCUT2D eigenvalue weighted by Crippen LogP contribution is -2.49. The van der Waals surface area contributed by atoms with E-state index in [1.807, 2.05) is 93.7 Å². The van der Waals surface area contributed by atoms with Gasteiger partial charge in [0.15, 0.2) is 5.75 Å². The summed E-state index contributed by atoms with van der Waals surface area (Å²) in [6.07, 6.45) is -0.341. The fourth-order valence-corrected chi connectivity index (χ4v) is 5.55. The third-order valence-electron chi connectivity index (χ3n) is 8.24. The molecule has 0 spiro atoms. The summed E-state index contributed by atoms with van der Waals surface area (Å²) in [6.45, 7) is 5.29. The minimum absolute atomic E-state index is 0.0921. The van der Waals surface area contributed by atoms with Crippen LogP contribution in [0.5, 0.6) is 17.2 Å². The van der Waals surface area contributed by atoms with Crippen LogP contribution in [0.2, 0.25) is 0 Å². The average Bonchev–Trinajstić information content (AvgIpc) is 3.07. The van der Waals surface area contributed by atoms with Crippen LogP contribution in [-0.2, 0) is 11.3 Å². The highest BCUT2D eigenvalue weighted by Crippen LogP contribution is 2.35. The number of benzene rings is 4. The Morgan fingerprint density at radius 3 is 2.33 bits per heavy atom. The van der Waals surface area contributed by atoms with E-state index in [9.17, 15) is 14.7 Å². The van der Waals surface area contributed by atoms with Gasteiger partial charge in [0, 0.05) is 25.6 Å². The third kappa shape index (κ3) is 7.92. The maximum absolute atomic E-state index is 13.8. The van der Waals surface area contributed by atoms with Crippen molar-refractivity contribution in [3.8, 4) is 17.2 Å². The number of aliphatic hydroxyl groups excluding tert-OH is 1. The molecule has 2 amide bonds. The Morgan fingerprint density at radius 2 is 1.65 bits per heavy atom. The normalized spacial score (nSPS) is 17.7. The Kier molecular flexibility index (Phi) is 10.7. The van der Waals surface area contributed by atoms with Gasteiger partial charge in [0.25, 0.3) is 5.91 Å². The van der Waals surface area contributed by atoms with E-state index >= 15 is 0 Å². The number of nitrogens with two attached hydrogens (primary N) is 1. The topological polar surface area (TPSA) is 117 Å². The number of carbonyl (C=O) groups is 2. The molecule has 0 radical (unpaired) electrons. The fraction of sp³-hybridized carbons (Fsp3) is 0.297. The van der Waals surface area contributed by atoms with Gasteiger partial charge in [-0.15, -0.1) is 0 Å². The summed E-state index contributed by atoms with van der Waals surface area (Å²) in [5, 5.41) is 12.9. The van der Waals surface area contributed by atoms with Gasteiger partial charge in [-0.05, 0) is 61.5 Å². The molecule has 9 heteroatoms. The van der Waals surface area contributed by atoms with Crippen molar-refractivity contribution in [2.75, 3.05) is 32.1 Å². The maximum Gasteiger partial charge on any atom is 0.258 e. The molecule has 1 aliphatic rings. The number of aliphatic hydroxyl groups is 1. The van der Waals surface area contributed by atoms with E-state index in [-0.39, 0.29) is 24.5 Å². The summed E-state index contributed by atoms with van der Waals surface area (Å²) in [4.78, 5) is 30.9. The van der Waals surface area contributed by atoms with Crippen molar-refractivity contribution in [1.29, 1.82) is 0 Å². The number of amides is 2. The number of rotatable bonds is 11. The number of hydrogen-bond donors (Lipinski definition) is 3. The summed E-state index contributed by atoms with van der Waals surface area (Å²) in [5.41, 5.74) is 8.76. The molecule has 1 unspecified atom stereocenters. The smallest absolute Gasteiger partial charge is 0.258 e. The standard InChI is InChI=1S/C37H42N4O5/c1-25-21-41(26(2)24-42)37(44)31-15-10-16-32(39-36(43)34(38)28-11-6-4-7-12-28)35(31)46-33(25)23-40(3)22-27-17-19-30(20-18-27)45-29-13-8-5-9-14-29/h4-20,25-26,33-34,42H,21-24,38H2,1-3H3,(H,39,43)/t25-,26+,33-,34?/m1/s1. The first-order valence-corrected chi connectivity index (χ1v) is 15.6. The van der Waals surface area contributed by atoms with E-state index in [4.69, 9.17) is 15.2 Å². The fourth-order valence-electron chi connectivity index (χ4n) is 5.55. The summed E-state index contributed by atoms with van der Waals surface area (Å²) < 4.78 is 12.6. The molecule has 0 bridgehead atoms. The summed E-state index contributed by atoms with van der Waals surface area (Å²) in [6, 6.07) is 30.6. The molecule has 0 aliphatic carbocycles. The Hall–Kier alpha value is -4.70. The second-order valence-corrected chi connectivity index (χ2v) is 11.9. The van der Waals surface area contributed by atoms with Crippen LogP contribution >= 0.6 is 0 Å². The van der Waals surface area contributed by atoms with E-state index in [0.717, 1.165) is 17.1 Å². The van der Waals surface area contributed by atoms with Gasteiger partial charge in [-0.3, -0.25) is 14.5 Å². The molecule has 240 valence electrons. The van der Waals surface area contributed by atoms with E-state index in [0.29, 0.717) is 42.2 Å². The van der Waals surface area contributed by atoms with Gasteiger partial charge in [0.1, 0.15) is 23.6 Å². The lowest BCUT2D eigenvalue weighted by atomic mass is 9.98. The molecule has 5 rings (SSSR count). The first-order chi connectivity index (χ1) is 22.2. The molecule has 4 atom stereocenters. The summed E-state index contributed by atoms with van der Waals surface area (Å²) in [7, 11) is 2.02. The third-order valence-corrected chi connectivity index (χ3v) is 8.24. The number of carbonyl (C=O) groups excluding carboxylic acids is 2. The number of hydrogen-bond acceptors (Lipinski definition) is 7. The molecule has 0 aromatic heterocycles. The monoisotopic (exact) mass is 622 g/mol. The molecule has 4 N–H and O–H groups in total. The van der Waals surface area contributed by atoms with Crippen molar-refractivity contribution >= 4 is 17.5 Å². The van der Waals surface area contributed by atoms with Gasteiger partial charge in [-0.1, -0.05) is 73.7 Å². The van der Waals surface area contributed by atoms with Crippen molar-refractivity contribution < 1.29 is 24.2 Å². The highest BCUT2D eigenvalue weighted by atomic mass is 16.5.